The molecule has 0 radical (unpaired) electrons. The molecule has 0 bridgehead atoms. The Bertz CT molecular complexity index is 337. The van der Waals surface area contributed by atoms with Gasteiger partial charge in [-0.05, 0) is 0 Å². The van der Waals surface area contributed by atoms with Gasteiger partial charge < -0.3 is 19.6 Å². The molecule has 0 unspecified atom stereocenters. The smallest absolute Gasteiger partial charge is 0.196 e. The van der Waals surface area contributed by atoms with E-state index in [0.717, 1.165) is 62.7 Å². The molecule has 0 N–H and O–H groups in total. The van der Waals surface area contributed by atoms with Gasteiger partial charge in [0.05, 0.1) is 13.1 Å². The third kappa shape index (κ3) is 4.43. The Balaban J connectivity index is 1.60. The van der Waals surface area contributed by atoms with Gasteiger partial charge >= 0.3 is 0 Å². The predicted octanol–water partition coefficient (Wildman–Crippen LogP) is 0.186. The lowest BCUT2D eigenvalue weighted by Crippen LogP contribution is -2.28. The number of thioether (sulfide) groups is 1. The molecule has 0 aromatic rings. The Hall–Kier alpha value is -1.11. The molecule has 0 saturated carbocycles. The lowest BCUT2D eigenvalue weighted by molar-refractivity contribution is 0.553. The summed E-state index contributed by atoms with van der Waals surface area (Å²) < 4.78 is 0. The van der Waals surface area contributed by atoms with E-state index >= 15 is 0 Å². The maximum absolute atomic E-state index is 4.68. The van der Waals surface area contributed by atoms with Crippen LogP contribution in [0.15, 0.2) is 9.98 Å². The van der Waals surface area contributed by atoms with Crippen LogP contribution in [0.5, 0.6) is 0 Å². The minimum atomic E-state index is 0.894. The van der Waals surface area contributed by atoms with Crippen molar-refractivity contribution in [1.82, 2.24) is 19.6 Å². The molecule has 2 aliphatic heterocycles. The molecule has 120 valence electrons. The Morgan fingerprint density at radius 1 is 0.714 bits per heavy atom. The Morgan fingerprint density at radius 2 is 1.05 bits per heavy atom. The number of nitrogens with zero attached hydrogens (tertiary/aromatic N) is 6. The van der Waals surface area contributed by atoms with Crippen LogP contribution >= 0.6 is 11.8 Å². The van der Waals surface area contributed by atoms with E-state index in [1.54, 1.807) is 0 Å². The van der Waals surface area contributed by atoms with Crippen LogP contribution in [0.25, 0.3) is 0 Å². The number of hydrogen-bond acceptors (Lipinski definition) is 3. The van der Waals surface area contributed by atoms with E-state index in [0.29, 0.717) is 0 Å². The maximum atomic E-state index is 4.68. The van der Waals surface area contributed by atoms with E-state index in [1.807, 2.05) is 11.8 Å². The van der Waals surface area contributed by atoms with E-state index in [2.05, 4.69) is 57.8 Å². The summed E-state index contributed by atoms with van der Waals surface area (Å²) in [6.07, 6.45) is 0. The Kier molecular flexibility index (Phi) is 6.02. The summed E-state index contributed by atoms with van der Waals surface area (Å²) in [6.45, 7) is 6.13. The summed E-state index contributed by atoms with van der Waals surface area (Å²) in [5, 5.41) is 0. The van der Waals surface area contributed by atoms with Crippen LogP contribution in [0.2, 0.25) is 0 Å². The molecular weight excluding hydrogens is 284 g/mol. The van der Waals surface area contributed by atoms with Crippen LogP contribution in [0.1, 0.15) is 0 Å². The maximum Gasteiger partial charge on any atom is 0.196 e. The highest BCUT2D eigenvalue weighted by Gasteiger charge is 2.19. The highest BCUT2D eigenvalue weighted by Crippen LogP contribution is 2.07. The van der Waals surface area contributed by atoms with Crippen LogP contribution < -0.4 is 0 Å². The third-order valence-electron chi connectivity index (χ3n) is 3.89. The average molecular weight is 312 g/mol. The number of aliphatic imine (C=N–C) groups is 2. The highest BCUT2D eigenvalue weighted by molar-refractivity contribution is 7.99. The van der Waals surface area contributed by atoms with Crippen molar-refractivity contribution in [3.63, 3.8) is 0 Å². The molecule has 0 aromatic carbocycles. The van der Waals surface area contributed by atoms with Gasteiger partial charge in [-0.25, -0.2) is 0 Å². The molecule has 0 aromatic heterocycles. The minimum Gasteiger partial charge on any atom is -0.344 e. The first-order chi connectivity index (χ1) is 10.1. The van der Waals surface area contributed by atoms with Crippen molar-refractivity contribution in [3.8, 4) is 0 Å². The number of hydrogen-bond donors (Lipinski definition) is 0. The lowest BCUT2D eigenvalue weighted by Gasteiger charge is -2.16. The number of likely N-dealkylation sites (N-methyl/N-ethyl adjacent to an activating group) is 4. The van der Waals surface area contributed by atoms with Crippen molar-refractivity contribution in [3.05, 3.63) is 0 Å². The molecule has 21 heavy (non-hydrogen) atoms. The molecule has 2 heterocycles. The minimum absolute atomic E-state index is 0.894. The molecule has 6 nitrogen and oxygen atoms in total. The Morgan fingerprint density at radius 3 is 1.38 bits per heavy atom. The topological polar surface area (TPSA) is 37.7 Å². The molecule has 0 atom stereocenters. The molecular formula is C14H28N6S. The summed E-state index contributed by atoms with van der Waals surface area (Å²) in [4.78, 5) is 18.3. The van der Waals surface area contributed by atoms with Crippen LogP contribution in [0.3, 0.4) is 0 Å². The van der Waals surface area contributed by atoms with Crippen molar-refractivity contribution in [2.24, 2.45) is 9.98 Å². The van der Waals surface area contributed by atoms with Gasteiger partial charge in [0.1, 0.15) is 0 Å². The summed E-state index contributed by atoms with van der Waals surface area (Å²) in [6, 6.07) is 0. The number of rotatable bonds is 6. The summed E-state index contributed by atoms with van der Waals surface area (Å²) in [5.74, 6) is 4.40. The van der Waals surface area contributed by atoms with Gasteiger partial charge in [-0.3, -0.25) is 9.98 Å². The molecule has 0 spiro atoms. The van der Waals surface area contributed by atoms with Gasteiger partial charge in [0.15, 0.2) is 11.9 Å². The second-order valence-corrected chi connectivity index (χ2v) is 6.89. The van der Waals surface area contributed by atoms with E-state index in [9.17, 15) is 0 Å². The predicted molar refractivity (Wildman–Crippen MR) is 92.4 cm³/mol. The van der Waals surface area contributed by atoms with Crippen molar-refractivity contribution in [1.29, 1.82) is 0 Å². The molecule has 0 aliphatic carbocycles. The van der Waals surface area contributed by atoms with Crippen molar-refractivity contribution < 1.29 is 0 Å². The second-order valence-electron chi connectivity index (χ2n) is 5.66. The van der Waals surface area contributed by atoms with Crippen LogP contribution in [-0.2, 0) is 0 Å². The molecule has 7 heteroatoms. The zero-order valence-corrected chi connectivity index (χ0v) is 14.6. The molecule has 2 fully saturated rings. The van der Waals surface area contributed by atoms with Gasteiger partial charge in [-0.15, -0.1) is 0 Å². The molecule has 0 amide bonds. The van der Waals surface area contributed by atoms with Crippen LogP contribution in [0.4, 0.5) is 0 Å². The van der Waals surface area contributed by atoms with Gasteiger partial charge in [-0.2, -0.15) is 11.8 Å². The first kappa shape index (κ1) is 16.3. The summed E-state index contributed by atoms with van der Waals surface area (Å²) in [7, 11) is 8.45. The first-order valence-electron chi connectivity index (χ1n) is 7.61. The fourth-order valence-corrected chi connectivity index (χ4v) is 3.23. The van der Waals surface area contributed by atoms with E-state index < -0.39 is 0 Å². The molecule has 2 aliphatic rings. The Labute approximate surface area is 132 Å². The largest absolute Gasteiger partial charge is 0.344 e. The third-order valence-corrected chi connectivity index (χ3v) is 4.83. The summed E-state index contributed by atoms with van der Waals surface area (Å²) in [5.41, 5.74) is 0. The van der Waals surface area contributed by atoms with Crippen molar-refractivity contribution >= 4 is 23.7 Å². The van der Waals surface area contributed by atoms with Crippen LogP contribution in [-0.4, -0.2) is 110 Å². The molecule has 2 rings (SSSR count). The van der Waals surface area contributed by atoms with Crippen molar-refractivity contribution in [2.45, 2.75) is 0 Å². The van der Waals surface area contributed by atoms with E-state index in [1.165, 1.54) is 0 Å². The van der Waals surface area contributed by atoms with Gasteiger partial charge in [-0.1, -0.05) is 0 Å². The first-order valence-corrected chi connectivity index (χ1v) is 8.76. The molecule has 2 saturated heterocycles. The standard InChI is InChI=1S/C14H28N6S/c1-17-7-8-18(2)13(17)15-5-11-21-12-6-16-14-19(3)9-10-20(14)4/h5-12H2,1-4H3. The highest BCUT2D eigenvalue weighted by atomic mass is 32.2. The second kappa shape index (κ2) is 7.77. The van der Waals surface area contributed by atoms with Gasteiger partial charge in [0.25, 0.3) is 0 Å². The van der Waals surface area contributed by atoms with Gasteiger partial charge in [0.2, 0.25) is 0 Å². The average Bonchev–Trinajstić information content (AvgIpc) is 2.94. The van der Waals surface area contributed by atoms with Gasteiger partial charge in [0, 0.05) is 65.9 Å². The monoisotopic (exact) mass is 312 g/mol. The van der Waals surface area contributed by atoms with E-state index in [-0.39, 0.29) is 0 Å². The van der Waals surface area contributed by atoms with Crippen molar-refractivity contribution in [2.75, 3.05) is 79.0 Å². The lowest BCUT2D eigenvalue weighted by atomic mass is 10.6. The van der Waals surface area contributed by atoms with E-state index in [4.69, 9.17) is 0 Å². The zero-order chi connectivity index (χ0) is 15.2. The normalized spacial score (nSPS) is 19.0. The fraction of sp³-hybridized carbons (Fsp3) is 0.857. The summed E-state index contributed by atoms with van der Waals surface area (Å²) >= 11 is 1.94. The van der Waals surface area contributed by atoms with Crippen LogP contribution in [0, 0.1) is 0 Å². The zero-order valence-electron chi connectivity index (χ0n) is 13.7. The number of guanidine groups is 2. The fourth-order valence-electron chi connectivity index (χ4n) is 2.59. The SMILES string of the molecule is CN1CCN(C)C1=NCCSCCN=C1N(C)CCN1C. The quantitative estimate of drug-likeness (QED) is 0.655.